The van der Waals surface area contributed by atoms with Crippen LogP contribution in [-0.4, -0.2) is 57.7 Å². The van der Waals surface area contributed by atoms with E-state index in [1.807, 2.05) is 38.1 Å². The van der Waals surface area contributed by atoms with Gasteiger partial charge in [0.1, 0.15) is 5.75 Å². The van der Waals surface area contributed by atoms with E-state index in [4.69, 9.17) is 24.7 Å². The smallest absolute Gasteiger partial charge is 0.227 e. The lowest BCUT2D eigenvalue weighted by Gasteiger charge is -2.30. The lowest BCUT2D eigenvalue weighted by Crippen LogP contribution is -2.41. The fourth-order valence-electron chi connectivity index (χ4n) is 4.84. The Morgan fingerprint density at radius 2 is 1.60 bits per heavy atom. The van der Waals surface area contributed by atoms with Gasteiger partial charge in [-0.1, -0.05) is 45.9 Å². The number of carbonyl (C=O) groups excluding carboxylic acids is 1. The van der Waals surface area contributed by atoms with Crippen molar-refractivity contribution in [2.75, 3.05) is 39.9 Å². The molecule has 0 aliphatic heterocycles. The van der Waals surface area contributed by atoms with Crippen LogP contribution in [0.4, 0.5) is 5.69 Å². The Balaban J connectivity index is 2.06. The number of amides is 1. The summed E-state index contributed by atoms with van der Waals surface area (Å²) in [6.07, 6.45) is 1.69. The molecule has 2 aromatic carbocycles. The van der Waals surface area contributed by atoms with Crippen molar-refractivity contribution in [1.82, 2.24) is 0 Å². The van der Waals surface area contributed by atoms with Gasteiger partial charge in [-0.2, -0.15) is 0 Å². The van der Waals surface area contributed by atoms with Crippen LogP contribution in [0.25, 0.3) is 0 Å². The van der Waals surface area contributed by atoms with Gasteiger partial charge in [0.05, 0.1) is 32.6 Å². The van der Waals surface area contributed by atoms with Crippen LogP contribution in [0.2, 0.25) is 0 Å². The molecule has 8 heteroatoms. The number of anilines is 1. The molecule has 0 heterocycles. The molecule has 0 bridgehead atoms. The van der Waals surface area contributed by atoms with E-state index >= 15 is 0 Å². The maximum Gasteiger partial charge on any atom is 0.227 e. The van der Waals surface area contributed by atoms with E-state index in [9.17, 15) is 9.90 Å². The van der Waals surface area contributed by atoms with Gasteiger partial charge in [-0.25, -0.2) is 0 Å². The van der Waals surface area contributed by atoms with E-state index in [0.29, 0.717) is 48.5 Å². The fraction of sp³-hybridized carbons (Fsp3) is 0.594. The summed E-state index contributed by atoms with van der Waals surface area (Å²) in [7, 11) is 4.88. The number of carbonyl (C=O) groups is 1. The normalized spacial score (nSPS) is 14.5. The second-order valence-corrected chi connectivity index (χ2v) is 11.1. The number of ether oxygens (including phenoxy) is 4. The second-order valence-electron chi connectivity index (χ2n) is 11.1. The minimum Gasteiger partial charge on any atom is -0.495 e. The van der Waals surface area contributed by atoms with E-state index < -0.39 is 18.1 Å². The predicted molar refractivity (Wildman–Crippen MR) is 160 cm³/mol. The molecule has 0 aliphatic carbocycles. The Morgan fingerprint density at radius 1 is 0.900 bits per heavy atom. The molecule has 4 atom stereocenters. The first-order valence-corrected chi connectivity index (χ1v) is 14.3. The maximum atomic E-state index is 13.2. The van der Waals surface area contributed by atoms with E-state index in [1.54, 1.807) is 33.5 Å². The quantitative estimate of drug-likeness (QED) is 0.213. The van der Waals surface area contributed by atoms with Gasteiger partial charge >= 0.3 is 0 Å². The summed E-state index contributed by atoms with van der Waals surface area (Å²) in [6.45, 7) is 9.50. The standard InChI is InChI=1S/C32H50N2O6/c1-21(2)24(17-23-13-14-30(39-7)31(18-23)40-16-10-15-37-5)19-26(33)28(35)20-25(22(3)4)32(36)34-27-11-8-9-12-29(27)38-6/h8-9,11-14,18,21-22,24-26,28,35H,10,15-17,19-20,33H2,1-7H3,(H,34,36)/t24-,25-,26-,28-/m0/s1. The summed E-state index contributed by atoms with van der Waals surface area (Å²) in [5, 5.41) is 14.1. The van der Waals surface area contributed by atoms with Crippen LogP contribution in [0.1, 0.15) is 52.5 Å². The number of rotatable bonds is 18. The highest BCUT2D eigenvalue weighted by atomic mass is 16.5. The van der Waals surface area contributed by atoms with Crippen LogP contribution in [0.15, 0.2) is 42.5 Å². The number of hydrogen-bond donors (Lipinski definition) is 3. The first-order chi connectivity index (χ1) is 19.1. The van der Waals surface area contributed by atoms with E-state index in [0.717, 1.165) is 18.4 Å². The first-order valence-electron chi connectivity index (χ1n) is 14.3. The highest BCUT2D eigenvalue weighted by molar-refractivity contribution is 5.94. The molecule has 0 saturated carbocycles. The number of para-hydroxylation sites is 2. The number of benzene rings is 2. The second kappa shape index (κ2) is 17.1. The Kier molecular flexibility index (Phi) is 14.3. The van der Waals surface area contributed by atoms with Crippen LogP contribution in [0, 0.1) is 23.7 Å². The van der Waals surface area contributed by atoms with Gasteiger partial charge in [-0.3, -0.25) is 4.79 Å². The molecule has 224 valence electrons. The average Bonchev–Trinajstić information content (AvgIpc) is 2.93. The number of nitrogens with one attached hydrogen (secondary N) is 1. The maximum absolute atomic E-state index is 13.2. The highest BCUT2D eigenvalue weighted by Gasteiger charge is 2.30. The zero-order valence-electron chi connectivity index (χ0n) is 25.3. The SMILES string of the molecule is COCCCOc1cc(C[C@@H](C[C@H](N)[C@@H](O)C[C@H](C(=O)Nc2ccccc2OC)C(C)C)C(C)C)ccc1OC. The lowest BCUT2D eigenvalue weighted by atomic mass is 9.81. The van der Waals surface area contributed by atoms with Crippen LogP contribution in [-0.2, 0) is 16.0 Å². The van der Waals surface area contributed by atoms with Gasteiger partial charge in [-0.05, 0) is 66.8 Å². The van der Waals surface area contributed by atoms with Gasteiger partial charge in [-0.15, -0.1) is 0 Å². The topological polar surface area (TPSA) is 112 Å². The number of methoxy groups -OCH3 is 3. The Hall–Kier alpha value is -2.81. The van der Waals surface area contributed by atoms with Crippen molar-refractivity contribution in [3.8, 4) is 17.2 Å². The summed E-state index contributed by atoms with van der Waals surface area (Å²) in [5.74, 6) is 2.06. The third-order valence-corrected chi connectivity index (χ3v) is 7.49. The summed E-state index contributed by atoms with van der Waals surface area (Å²) in [4.78, 5) is 13.2. The minimum atomic E-state index is -0.812. The molecule has 2 rings (SSSR count). The third kappa shape index (κ3) is 10.3. The summed E-state index contributed by atoms with van der Waals surface area (Å²) in [6, 6.07) is 12.9. The molecule has 2 aromatic rings. The van der Waals surface area contributed by atoms with Crippen molar-refractivity contribution in [3.05, 3.63) is 48.0 Å². The molecule has 0 radical (unpaired) electrons. The molecule has 0 unspecified atom stereocenters. The Bertz CT molecular complexity index is 1030. The van der Waals surface area contributed by atoms with Gasteiger partial charge in [0, 0.05) is 32.1 Å². The molecular formula is C32H50N2O6. The number of aliphatic hydroxyl groups is 1. The van der Waals surface area contributed by atoms with Crippen molar-refractivity contribution in [2.24, 2.45) is 29.4 Å². The van der Waals surface area contributed by atoms with Gasteiger partial charge < -0.3 is 35.1 Å². The van der Waals surface area contributed by atoms with Gasteiger partial charge in [0.25, 0.3) is 0 Å². The third-order valence-electron chi connectivity index (χ3n) is 7.49. The van der Waals surface area contributed by atoms with Crippen molar-refractivity contribution >= 4 is 11.6 Å². The van der Waals surface area contributed by atoms with Crippen molar-refractivity contribution in [3.63, 3.8) is 0 Å². The molecule has 1 amide bonds. The van der Waals surface area contributed by atoms with E-state index in [1.165, 1.54) is 0 Å². The van der Waals surface area contributed by atoms with Gasteiger partial charge in [0.2, 0.25) is 5.91 Å². The largest absolute Gasteiger partial charge is 0.495 e. The number of nitrogens with two attached hydrogens (primary N) is 1. The lowest BCUT2D eigenvalue weighted by molar-refractivity contribution is -0.122. The Morgan fingerprint density at radius 3 is 2.23 bits per heavy atom. The van der Waals surface area contributed by atoms with Crippen LogP contribution >= 0.6 is 0 Å². The molecule has 40 heavy (non-hydrogen) atoms. The molecule has 4 N–H and O–H groups in total. The first kappa shape index (κ1) is 33.4. The molecule has 8 nitrogen and oxygen atoms in total. The van der Waals surface area contributed by atoms with Crippen LogP contribution in [0.3, 0.4) is 0 Å². The predicted octanol–water partition coefficient (Wildman–Crippen LogP) is 5.31. The summed E-state index contributed by atoms with van der Waals surface area (Å²) in [5.41, 5.74) is 8.30. The number of hydrogen-bond acceptors (Lipinski definition) is 7. The Labute approximate surface area is 240 Å². The molecule has 0 saturated heterocycles. The van der Waals surface area contributed by atoms with Crippen LogP contribution < -0.4 is 25.3 Å². The molecule has 0 aliphatic rings. The van der Waals surface area contributed by atoms with Crippen molar-refractivity contribution in [1.29, 1.82) is 0 Å². The van der Waals surface area contributed by atoms with Crippen molar-refractivity contribution in [2.45, 2.75) is 65.5 Å². The summed E-state index contributed by atoms with van der Waals surface area (Å²) >= 11 is 0. The molecule has 0 spiro atoms. The zero-order chi connectivity index (χ0) is 29.7. The molecule has 0 aromatic heterocycles. The highest BCUT2D eigenvalue weighted by Crippen LogP contribution is 2.32. The summed E-state index contributed by atoms with van der Waals surface area (Å²) < 4.78 is 21.9. The van der Waals surface area contributed by atoms with Crippen molar-refractivity contribution < 1.29 is 28.8 Å². The van der Waals surface area contributed by atoms with E-state index in [-0.39, 0.29) is 24.2 Å². The minimum absolute atomic E-state index is 0.0269. The van der Waals surface area contributed by atoms with Gasteiger partial charge in [0.15, 0.2) is 11.5 Å². The molecular weight excluding hydrogens is 508 g/mol. The number of aliphatic hydroxyl groups excluding tert-OH is 1. The fourth-order valence-corrected chi connectivity index (χ4v) is 4.84. The zero-order valence-corrected chi connectivity index (χ0v) is 25.3. The monoisotopic (exact) mass is 558 g/mol. The van der Waals surface area contributed by atoms with Crippen LogP contribution in [0.5, 0.6) is 17.2 Å². The molecule has 0 fully saturated rings. The average molecular weight is 559 g/mol. The van der Waals surface area contributed by atoms with E-state index in [2.05, 4.69) is 25.2 Å².